The van der Waals surface area contributed by atoms with Crippen molar-refractivity contribution < 1.29 is 14.4 Å². The van der Waals surface area contributed by atoms with E-state index in [1.54, 1.807) is 11.9 Å². The molecular formula is C17H23N3O3. The zero-order valence-corrected chi connectivity index (χ0v) is 13.6. The molecule has 1 heterocycles. The number of fused-ring (bicyclic) bond motifs is 1. The van der Waals surface area contributed by atoms with Gasteiger partial charge in [-0.1, -0.05) is 24.3 Å². The van der Waals surface area contributed by atoms with Gasteiger partial charge in [-0.15, -0.1) is 0 Å². The van der Waals surface area contributed by atoms with Crippen molar-refractivity contribution in [1.29, 1.82) is 0 Å². The van der Waals surface area contributed by atoms with Crippen molar-refractivity contribution in [2.45, 2.75) is 32.2 Å². The maximum atomic E-state index is 12.2. The van der Waals surface area contributed by atoms with Gasteiger partial charge in [-0.25, -0.2) is 0 Å². The van der Waals surface area contributed by atoms with Gasteiger partial charge < -0.3 is 15.5 Å². The number of nitrogens with one attached hydrogen (secondary N) is 2. The molecule has 1 aromatic carbocycles. The fourth-order valence-corrected chi connectivity index (χ4v) is 2.94. The van der Waals surface area contributed by atoms with E-state index in [2.05, 4.69) is 10.6 Å². The highest BCUT2D eigenvalue weighted by Gasteiger charge is 2.30. The van der Waals surface area contributed by atoms with Crippen LogP contribution < -0.4 is 10.6 Å². The van der Waals surface area contributed by atoms with Crippen molar-refractivity contribution >= 4 is 17.7 Å². The standard InChI is InChI=1S/C17H23N3O3/c1-12(21)20-10-8-13-5-3-4-6-14(13)15(20)11-17(23)19-9-7-16(22)18-2/h3-6,15H,7-11H2,1-2H3,(H,18,22)(H,19,23)/t15-/m1/s1. The summed E-state index contributed by atoms with van der Waals surface area (Å²) in [5.74, 6) is -0.289. The molecule has 6 heteroatoms. The van der Waals surface area contributed by atoms with E-state index >= 15 is 0 Å². The van der Waals surface area contributed by atoms with Crippen molar-refractivity contribution in [3.63, 3.8) is 0 Å². The van der Waals surface area contributed by atoms with E-state index < -0.39 is 0 Å². The van der Waals surface area contributed by atoms with Crippen LogP contribution in [0.5, 0.6) is 0 Å². The van der Waals surface area contributed by atoms with Crippen molar-refractivity contribution in [2.75, 3.05) is 20.1 Å². The Morgan fingerprint density at radius 1 is 1.22 bits per heavy atom. The van der Waals surface area contributed by atoms with Gasteiger partial charge in [0.2, 0.25) is 17.7 Å². The fraction of sp³-hybridized carbons (Fsp3) is 0.471. The molecule has 0 unspecified atom stereocenters. The fourth-order valence-electron chi connectivity index (χ4n) is 2.94. The van der Waals surface area contributed by atoms with Crippen molar-refractivity contribution in [3.05, 3.63) is 35.4 Å². The van der Waals surface area contributed by atoms with Crippen LogP contribution in [-0.2, 0) is 20.8 Å². The van der Waals surface area contributed by atoms with E-state index in [1.807, 2.05) is 24.3 Å². The molecule has 1 aliphatic heterocycles. The average molecular weight is 317 g/mol. The van der Waals surface area contributed by atoms with Crippen LogP contribution in [0.25, 0.3) is 0 Å². The molecule has 124 valence electrons. The van der Waals surface area contributed by atoms with Crippen LogP contribution >= 0.6 is 0 Å². The van der Waals surface area contributed by atoms with Gasteiger partial charge in [0.25, 0.3) is 0 Å². The van der Waals surface area contributed by atoms with E-state index in [-0.39, 0.29) is 36.6 Å². The number of amides is 3. The van der Waals surface area contributed by atoms with E-state index in [0.29, 0.717) is 13.1 Å². The molecule has 0 fully saturated rings. The highest BCUT2D eigenvalue weighted by molar-refractivity contribution is 5.80. The monoisotopic (exact) mass is 317 g/mol. The Morgan fingerprint density at radius 3 is 2.65 bits per heavy atom. The first-order valence-electron chi connectivity index (χ1n) is 7.85. The zero-order valence-electron chi connectivity index (χ0n) is 13.6. The van der Waals surface area contributed by atoms with Crippen LogP contribution in [-0.4, -0.2) is 42.8 Å². The predicted octanol–water partition coefficient (Wildman–Crippen LogP) is 0.775. The summed E-state index contributed by atoms with van der Waals surface area (Å²) in [5, 5.41) is 5.26. The number of hydrogen-bond acceptors (Lipinski definition) is 3. The minimum absolute atomic E-state index is 0.0253. The van der Waals surface area contributed by atoms with Crippen LogP contribution in [0.4, 0.5) is 0 Å². The normalized spacial score (nSPS) is 16.4. The summed E-state index contributed by atoms with van der Waals surface area (Å²) in [6.07, 6.45) is 1.27. The molecule has 0 saturated carbocycles. The molecule has 3 amide bonds. The van der Waals surface area contributed by atoms with Crippen molar-refractivity contribution in [3.8, 4) is 0 Å². The van der Waals surface area contributed by atoms with Gasteiger partial charge in [0.05, 0.1) is 12.5 Å². The van der Waals surface area contributed by atoms with Crippen LogP contribution in [0.15, 0.2) is 24.3 Å². The first kappa shape index (κ1) is 17.0. The van der Waals surface area contributed by atoms with Gasteiger partial charge in [0, 0.05) is 33.5 Å². The lowest BCUT2D eigenvalue weighted by atomic mass is 9.90. The van der Waals surface area contributed by atoms with Crippen molar-refractivity contribution in [1.82, 2.24) is 15.5 Å². The first-order valence-corrected chi connectivity index (χ1v) is 7.85. The summed E-state index contributed by atoms with van der Waals surface area (Å²) >= 11 is 0. The largest absolute Gasteiger partial charge is 0.359 e. The number of nitrogens with zero attached hydrogens (tertiary/aromatic N) is 1. The van der Waals surface area contributed by atoms with Crippen LogP contribution in [0.1, 0.15) is 36.9 Å². The molecule has 2 N–H and O–H groups in total. The summed E-state index contributed by atoms with van der Waals surface area (Å²) in [6, 6.07) is 7.69. The Morgan fingerprint density at radius 2 is 1.96 bits per heavy atom. The third-order valence-corrected chi connectivity index (χ3v) is 4.15. The third kappa shape index (κ3) is 4.31. The highest BCUT2D eigenvalue weighted by atomic mass is 16.2. The molecule has 0 bridgehead atoms. The Bertz CT molecular complexity index is 601. The molecule has 1 aliphatic rings. The third-order valence-electron chi connectivity index (χ3n) is 4.15. The molecule has 23 heavy (non-hydrogen) atoms. The maximum absolute atomic E-state index is 12.2. The molecule has 0 saturated heterocycles. The van der Waals surface area contributed by atoms with Crippen LogP contribution in [0, 0.1) is 0 Å². The van der Waals surface area contributed by atoms with Gasteiger partial charge >= 0.3 is 0 Å². The summed E-state index contributed by atoms with van der Waals surface area (Å²) in [6.45, 7) is 2.46. The van der Waals surface area contributed by atoms with E-state index in [1.165, 1.54) is 12.5 Å². The molecule has 2 rings (SSSR count). The summed E-state index contributed by atoms with van der Waals surface area (Å²) in [7, 11) is 1.56. The second-order valence-corrected chi connectivity index (χ2v) is 5.65. The van der Waals surface area contributed by atoms with Gasteiger partial charge in [-0.2, -0.15) is 0 Å². The van der Waals surface area contributed by atoms with Crippen molar-refractivity contribution in [2.24, 2.45) is 0 Å². The smallest absolute Gasteiger partial charge is 0.222 e. The molecule has 1 atom stereocenters. The number of rotatable bonds is 5. The number of benzene rings is 1. The minimum atomic E-state index is -0.238. The Labute approximate surface area is 136 Å². The van der Waals surface area contributed by atoms with E-state index in [9.17, 15) is 14.4 Å². The molecule has 1 aromatic rings. The van der Waals surface area contributed by atoms with E-state index in [4.69, 9.17) is 0 Å². The molecule has 0 radical (unpaired) electrons. The number of carbonyl (C=O) groups excluding carboxylic acids is 3. The Hall–Kier alpha value is -2.37. The number of carbonyl (C=O) groups is 3. The van der Waals surface area contributed by atoms with Gasteiger partial charge in [0.1, 0.15) is 0 Å². The highest BCUT2D eigenvalue weighted by Crippen LogP contribution is 2.32. The summed E-state index contributed by atoms with van der Waals surface area (Å²) < 4.78 is 0. The zero-order chi connectivity index (χ0) is 16.8. The molecule has 6 nitrogen and oxygen atoms in total. The topological polar surface area (TPSA) is 78.5 Å². The number of hydrogen-bond donors (Lipinski definition) is 2. The van der Waals surface area contributed by atoms with Gasteiger partial charge in [-0.05, 0) is 17.5 Å². The molecular weight excluding hydrogens is 294 g/mol. The second kappa shape index (κ2) is 7.76. The predicted molar refractivity (Wildman–Crippen MR) is 86.6 cm³/mol. The SMILES string of the molecule is CNC(=O)CCNC(=O)C[C@@H]1c2ccccc2CCN1C(C)=O. The summed E-state index contributed by atoms with van der Waals surface area (Å²) in [4.78, 5) is 37.0. The maximum Gasteiger partial charge on any atom is 0.222 e. The van der Waals surface area contributed by atoms with Gasteiger partial charge in [-0.3, -0.25) is 14.4 Å². The molecule has 0 aromatic heterocycles. The lowest BCUT2D eigenvalue weighted by Crippen LogP contribution is -2.41. The molecule has 0 aliphatic carbocycles. The Balaban J connectivity index is 2.04. The molecule has 0 spiro atoms. The second-order valence-electron chi connectivity index (χ2n) is 5.65. The lowest BCUT2D eigenvalue weighted by Gasteiger charge is -2.36. The summed E-state index contributed by atoms with van der Waals surface area (Å²) in [5.41, 5.74) is 2.23. The average Bonchev–Trinajstić information content (AvgIpc) is 2.54. The van der Waals surface area contributed by atoms with Crippen LogP contribution in [0.3, 0.4) is 0 Å². The Kier molecular flexibility index (Phi) is 5.73. The van der Waals surface area contributed by atoms with Gasteiger partial charge in [0.15, 0.2) is 0 Å². The van der Waals surface area contributed by atoms with E-state index in [0.717, 1.165) is 12.0 Å². The van der Waals surface area contributed by atoms with Crippen LogP contribution in [0.2, 0.25) is 0 Å². The lowest BCUT2D eigenvalue weighted by molar-refractivity contribution is -0.133. The minimum Gasteiger partial charge on any atom is -0.359 e. The quantitative estimate of drug-likeness (QED) is 0.842. The first-order chi connectivity index (χ1) is 11.0.